The second-order valence-electron chi connectivity index (χ2n) is 4.72. The van der Waals surface area contributed by atoms with Crippen LogP contribution in [0.5, 0.6) is 0 Å². The molecule has 1 saturated heterocycles. The van der Waals surface area contributed by atoms with Crippen LogP contribution in [0.3, 0.4) is 0 Å². The zero-order valence-corrected chi connectivity index (χ0v) is 10.5. The van der Waals surface area contributed by atoms with Gasteiger partial charge in [-0.3, -0.25) is 4.99 Å². The molecule has 0 saturated carbocycles. The Morgan fingerprint density at radius 3 is 3.16 bits per heavy atom. The van der Waals surface area contributed by atoms with E-state index in [4.69, 9.17) is 0 Å². The Morgan fingerprint density at radius 2 is 2.42 bits per heavy atom. The van der Waals surface area contributed by atoms with E-state index in [0.29, 0.717) is 6.42 Å². The normalized spacial score (nSPS) is 22.2. The highest BCUT2D eigenvalue weighted by Crippen LogP contribution is 2.27. The van der Waals surface area contributed by atoms with Crippen molar-refractivity contribution in [3.05, 3.63) is 23.9 Å². The summed E-state index contributed by atoms with van der Waals surface area (Å²) in [5.41, 5.74) is 0.896. The maximum atomic E-state index is 11.3. The lowest BCUT2D eigenvalue weighted by atomic mass is 10.2. The minimum absolute atomic E-state index is 0.476. The largest absolute Gasteiger partial charge is 0.480 e. The molecule has 0 aromatic carbocycles. The molecule has 3 heterocycles. The van der Waals surface area contributed by atoms with E-state index in [1.807, 2.05) is 17.0 Å². The van der Waals surface area contributed by atoms with Crippen molar-refractivity contribution >= 4 is 17.6 Å². The van der Waals surface area contributed by atoms with Gasteiger partial charge in [0.05, 0.1) is 12.1 Å². The number of nitrogens with zero attached hydrogens (tertiary/aromatic N) is 3. The van der Waals surface area contributed by atoms with Gasteiger partial charge in [-0.05, 0) is 25.0 Å². The van der Waals surface area contributed by atoms with E-state index in [1.165, 1.54) is 0 Å². The number of nitrogens with one attached hydrogen (secondary N) is 1. The van der Waals surface area contributed by atoms with E-state index in [2.05, 4.69) is 15.3 Å². The smallest absolute Gasteiger partial charge is 0.326 e. The number of carbonyl (C=O) groups is 1. The lowest BCUT2D eigenvalue weighted by Gasteiger charge is -2.24. The molecule has 1 fully saturated rings. The van der Waals surface area contributed by atoms with Gasteiger partial charge in [-0.1, -0.05) is 0 Å². The van der Waals surface area contributed by atoms with E-state index in [0.717, 1.165) is 43.3 Å². The van der Waals surface area contributed by atoms with Gasteiger partial charge in [0, 0.05) is 19.3 Å². The van der Waals surface area contributed by atoms with Gasteiger partial charge in [0.15, 0.2) is 0 Å². The number of amidine groups is 1. The SMILES string of the molecule is O=C(O)C1CCCN1c1ncccc1C1=NCCN1. The van der Waals surface area contributed by atoms with Crippen LogP contribution < -0.4 is 10.2 Å². The van der Waals surface area contributed by atoms with Crippen molar-refractivity contribution in [2.24, 2.45) is 4.99 Å². The van der Waals surface area contributed by atoms with Gasteiger partial charge >= 0.3 is 5.97 Å². The molecule has 1 unspecified atom stereocenters. The Morgan fingerprint density at radius 1 is 1.53 bits per heavy atom. The number of pyridine rings is 1. The zero-order valence-electron chi connectivity index (χ0n) is 10.5. The Kier molecular flexibility index (Phi) is 3.06. The van der Waals surface area contributed by atoms with E-state index in [1.54, 1.807) is 6.20 Å². The first kappa shape index (κ1) is 12.0. The summed E-state index contributed by atoms with van der Waals surface area (Å²) in [6, 6.07) is 3.32. The molecule has 1 aromatic rings. The summed E-state index contributed by atoms with van der Waals surface area (Å²) >= 11 is 0. The second-order valence-corrected chi connectivity index (χ2v) is 4.72. The first-order valence-electron chi connectivity index (χ1n) is 6.50. The summed E-state index contributed by atoms with van der Waals surface area (Å²) in [7, 11) is 0. The van der Waals surface area contributed by atoms with Crippen LogP contribution >= 0.6 is 0 Å². The molecule has 2 aliphatic heterocycles. The number of hydrogen-bond donors (Lipinski definition) is 2. The molecule has 19 heavy (non-hydrogen) atoms. The number of aliphatic carboxylic acids is 1. The van der Waals surface area contributed by atoms with Gasteiger partial charge in [0.25, 0.3) is 0 Å². The monoisotopic (exact) mass is 260 g/mol. The third kappa shape index (κ3) is 2.14. The lowest BCUT2D eigenvalue weighted by Crippen LogP contribution is -2.38. The summed E-state index contributed by atoms with van der Waals surface area (Å²) in [5, 5.41) is 12.5. The predicted octanol–water partition coefficient (Wildman–Crippen LogP) is 0.485. The number of aliphatic imine (C=N–C) groups is 1. The molecular weight excluding hydrogens is 244 g/mol. The molecule has 0 bridgehead atoms. The summed E-state index contributed by atoms with van der Waals surface area (Å²) in [6.45, 7) is 2.31. The molecule has 2 N–H and O–H groups in total. The highest BCUT2D eigenvalue weighted by Gasteiger charge is 2.33. The molecule has 3 rings (SSSR count). The molecule has 0 radical (unpaired) electrons. The fraction of sp³-hybridized carbons (Fsp3) is 0.462. The average molecular weight is 260 g/mol. The van der Waals surface area contributed by atoms with Crippen LogP contribution in [-0.2, 0) is 4.79 Å². The molecule has 6 nitrogen and oxygen atoms in total. The van der Waals surface area contributed by atoms with E-state index >= 15 is 0 Å². The van der Waals surface area contributed by atoms with Crippen molar-refractivity contribution in [1.82, 2.24) is 10.3 Å². The van der Waals surface area contributed by atoms with Crippen molar-refractivity contribution in [2.45, 2.75) is 18.9 Å². The molecule has 0 spiro atoms. The first-order valence-corrected chi connectivity index (χ1v) is 6.50. The highest BCUT2D eigenvalue weighted by molar-refractivity contribution is 6.04. The third-order valence-electron chi connectivity index (χ3n) is 3.53. The molecule has 100 valence electrons. The van der Waals surface area contributed by atoms with Gasteiger partial charge < -0.3 is 15.3 Å². The number of hydrogen-bond acceptors (Lipinski definition) is 5. The Labute approximate surface area is 111 Å². The lowest BCUT2D eigenvalue weighted by molar-refractivity contribution is -0.138. The molecule has 0 amide bonds. The maximum Gasteiger partial charge on any atom is 0.326 e. The summed E-state index contributed by atoms with van der Waals surface area (Å²) in [5.74, 6) is 0.759. The van der Waals surface area contributed by atoms with Crippen LogP contribution in [0.4, 0.5) is 5.82 Å². The van der Waals surface area contributed by atoms with E-state index < -0.39 is 12.0 Å². The summed E-state index contributed by atoms with van der Waals surface area (Å²) < 4.78 is 0. The van der Waals surface area contributed by atoms with E-state index in [-0.39, 0.29) is 0 Å². The van der Waals surface area contributed by atoms with Crippen molar-refractivity contribution in [3.63, 3.8) is 0 Å². The van der Waals surface area contributed by atoms with Gasteiger partial charge in [-0.2, -0.15) is 0 Å². The van der Waals surface area contributed by atoms with Crippen molar-refractivity contribution in [3.8, 4) is 0 Å². The minimum atomic E-state index is -0.782. The molecular formula is C13H16N4O2. The molecule has 1 atom stereocenters. The molecule has 6 heteroatoms. The fourth-order valence-electron chi connectivity index (χ4n) is 2.67. The van der Waals surface area contributed by atoms with Gasteiger partial charge in [-0.15, -0.1) is 0 Å². The Balaban J connectivity index is 1.98. The minimum Gasteiger partial charge on any atom is -0.480 e. The van der Waals surface area contributed by atoms with Gasteiger partial charge in [-0.25, -0.2) is 9.78 Å². The predicted molar refractivity (Wildman–Crippen MR) is 71.6 cm³/mol. The molecule has 2 aliphatic rings. The first-order chi connectivity index (χ1) is 9.27. The quantitative estimate of drug-likeness (QED) is 0.826. The van der Waals surface area contributed by atoms with Crippen LogP contribution in [0.25, 0.3) is 0 Å². The standard InChI is InChI=1S/C13H16N4O2/c18-13(19)10-4-2-8-17(10)12-9(3-1-5-16-12)11-14-6-7-15-11/h1,3,5,10H,2,4,6-8H2,(H,14,15)(H,18,19). The highest BCUT2D eigenvalue weighted by atomic mass is 16.4. The van der Waals surface area contributed by atoms with E-state index in [9.17, 15) is 9.90 Å². The number of carboxylic acids is 1. The van der Waals surface area contributed by atoms with Crippen molar-refractivity contribution in [2.75, 3.05) is 24.5 Å². The van der Waals surface area contributed by atoms with Crippen LogP contribution in [-0.4, -0.2) is 47.6 Å². The van der Waals surface area contributed by atoms with Crippen molar-refractivity contribution < 1.29 is 9.90 Å². The molecule has 0 aliphatic carbocycles. The average Bonchev–Trinajstić information content (AvgIpc) is 3.10. The fourth-order valence-corrected chi connectivity index (χ4v) is 2.67. The summed E-state index contributed by atoms with van der Waals surface area (Å²) in [6.07, 6.45) is 3.25. The second kappa shape index (κ2) is 4.87. The van der Waals surface area contributed by atoms with Crippen LogP contribution in [0.15, 0.2) is 23.3 Å². The third-order valence-corrected chi connectivity index (χ3v) is 3.53. The molecule has 1 aromatic heterocycles. The number of aromatic nitrogens is 1. The summed E-state index contributed by atoms with van der Waals surface area (Å²) in [4.78, 5) is 22.0. The number of carboxylic acid groups (broad SMARTS) is 1. The Hall–Kier alpha value is -2.11. The zero-order chi connectivity index (χ0) is 13.2. The van der Waals surface area contributed by atoms with Crippen LogP contribution in [0.1, 0.15) is 18.4 Å². The number of rotatable bonds is 3. The van der Waals surface area contributed by atoms with Gasteiger partial charge in [0.2, 0.25) is 0 Å². The Bertz CT molecular complexity index is 529. The van der Waals surface area contributed by atoms with Crippen LogP contribution in [0, 0.1) is 0 Å². The van der Waals surface area contributed by atoms with Gasteiger partial charge in [0.1, 0.15) is 17.7 Å². The van der Waals surface area contributed by atoms with Crippen LogP contribution in [0.2, 0.25) is 0 Å². The maximum absolute atomic E-state index is 11.3. The number of anilines is 1. The topological polar surface area (TPSA) is 77.8 Å². The van der Waals surface area contributed by atoms with Crippen molar-refractivity contribution in [1.29, 1.82) is 0 Å².